The number of rotatable bonds is 10. The molecule has 2 aromatic carbocycles. The maximum atomic E-state index is 13.5. The number of halogens is 2. The maximum Gasteiger partial charge on any atom is 0.244 e. The number of nitrogens with one attached hydrogen (secondary N) is 1. The summed E-state index contributed by atoms with van der Waals surface area (Å²) in [4.78, 5) is 27.7. The summed E-state index contributed by atoms with van der Waals surface area (Å²) >= 11 is 12.2. The minimum atomic E-state index is -3.87. The largest absolute Gasteiger partial charge is 0.352 e. The molecule has 0 saturated heterocycles. The predicted octanol–water partition coefficient (Wildman–Crippen LogP) is 4.40. The summed E-state index contributed by atoms with van der Waals surface area (Å²) in [6, 6.07) is 11.0. The van der Waals surface area contributed by atoms with Crippen molar-refractivity contribution < 1.29 is 18.0 Å². The van der Waals surface area contributed by atoms with Gasteiger partial charge < -0.3 is 10.2 Å². The second-order valence-corrected chi connectivity index (χ2v) is 11.1. The summed E-state index contributed by atoms with van der Waals surface area (Å²) in [6.07, 6.45) is 1.73. The summed E-state index contributed by atoms with van der Waals surface area (Å²) in [5.41, 5.74) is 2.01. The van der Waals surface area contributed by atoms with Crippen LogP contribution in [-0.4, -0.2) is 50.0 Å². The first-order chi connectivity index (χ1) is 15.8. The zero-order valence-corrected chi connectivity index (χ0v) is 22.3. The van der Waals surface area contributed by atoms with Crippen LogP contribution >= 0.6 is 23.2 Å². The standard InChI is InChI=1S/C24H31Cl2N3O4S/c1-6-17(3)27-24(31)18(4)28(14-19-9-7-16(2)8-10-19)23(30)15-29(34(5,32)33)22-12-11-20(25)13-21(22)26/h7-13,17-18H,6,14-15H2,1-5H3,(H,27,31)/t17-,18+/m0/s1. The lowest BCUT2D eigenvalue weighted by molar-refractivity contribution is -0.139. The second-order valence-electron chi connectivity index (χ2n) is 8.37. The molecule has 10 heteroatoms. The molecule has 0 fully saturated rings. The molecule has 1 N–H and O–H groups in total. The van der Waals surface area contributed by atoms with Crippen LogP contribution in [-0.2, 0) is 26.2 Å². The number of hydrogen-bond acceptors (Lipinski definition) is 4. The monoisotopic (exact) mass is 527 g/mol. The summed E-state index contributed by atoms with van der Waals surface area (Å²) in [7, 11) is -3.87. The van der Waals surface area contributed by atoms with Crippen LogP contribution in [0.1, 0.15) is 38.3 Å². The number of carbonyl (C=O) groups is 2. The van der Waals surface area contributed by atoms with Crippen LogP contribution in [0.25, 0.3) is 0 Å². The molecule has 7 nitrogen and oxygen atoms in total. The molecule has 2 amide bonds. The molecule has 0 bridgehead atoms. The molecule has 0 unspecified atom stereocenters. The molecule has 34 heavy (non-hydrogen) atoms. The van der Waals surface area contributed by atoms with Crippen molar-refractivity contribution in [1.29, 1.82) is 0 Å². The minimum Gasteiger partial charge on any atom is -0.352 e. The highest BCUT2D eigenvalue weighted by Gasteiger charge is 2.31. The fourth-order valence-electron chi connectivity index (χ4n) is 3.22. The average molecular weight is 529 g/mol. The van der Waals surface area contributed by atoms with Gasteiger partial charge in [0.05, 0.1) is 17.0 Å². The Kier molecular flexibility index (Phi) is 9.79. The number of benzene rings is 2. The van der Waals surface area contributed by atoms with Gasteiger partial charge in [-0.3, -0.25) is 13.9 Å². The van der Waals surface area contributed by atoms with E-state index in [0.717, 1.165) is 28.1 Å². The number of anilines is 1. The Labute approximate surface area is 212 Å². The Morgan fingerprint density at radius 1 is 1.06 bits per heavy atom. The second kappa shape index (κ2) is 11.9. The molecular formula is C24H31Cl2N3O4S. The van der Waals surface area contributed by atoms with Crippen molar-refractivity contribution in [1.82, 2.24) is 10.2 Å². The molecule has 2 atom stereocenters. The van der Waals surface area contributed by atoms with E-state index in [1.165, 1.54) is 23.1 Å². The van der Waals surface area contributed by atoms with Crippen LogP contribution in [0.15, 0.2) is 42.5 Å². The van der Waals surface area contributed by atoms with E-state index in [4.69, 9.17) is 23.2 Å². The lowest BCUT2D eigenvalue weighted by Gasteiger charge is -2.32. The van der Waals surface area contributed by atoms with E-state index in [-0.39, 0.29) is 29.2 Å². The van der Waals surface area contributed by atoms with Gasteiger partial charge in [0.15, 0.2) is 0 Å². The van der Waals surface area contributed by atoms with E-state index in [0.29, 0.717) is 5.02 Å². The first-order valence-corrected chi connectivity index (χ1v) is 13.5. The van der Waals surface area contributed by atoms with Gasteiger partial charge in [-0.1, -0.05) is 60.0 Å². The van der Waals surface area contributed by atoms with E-state index >= 15 is 0 Å². The van der Waals surface area contributed by atoms with Crippen LogP contribution in [0.3, 0.4) is 0 Å². The van der Waals surface area contributed by atoms with E-state index in [2.05, 4.69) is 5.32 Å². The van der Waals surface area contributed by atoms with Crippen molar-refractivity contribution >= 4 is 50.7 Å². The summed E-state index contributed by atoms with van der Waals surface area (Å²) < 4.78 is 26.1. The summed E-state index contributed by atoms with van der Waals surface area (Å²) in [6.45, 7) is 7.03. The van der Waals surface area contributed by atoms with E-state index < -0.39 is 28.5 Å². The number of nitrogens with zero attached hydrogens (tertiary/aromatic N) is 2. The van der Waals surface area contributed by atoms with Gasteiger partial charge >= 0.3 is 0 Å². The average Bonchev–Trinajstić information content (AvgIpc) is 2.76. The zero-order chi connectivity index (χ0) is 25.6. The number of carbonyl (C=O) groups excluding carboxylic acids is 2. The van der Waals surface area contributed by atoms with Gasteiger partial charge in [-0.05, 0) is 51.0 Å². The molecular weight excluding hydrogens is 497 g/mol. The lowest BCUT2D eigenvalue weighted by atomic mass is 10.1. The Morgan fingerprint density at radius 2 is 1.68 bits per heavy atom. The topological polar surface area (TPSA) is 86.8 Å². The highest BCUT2D eigenvalue weighted by Crippen LogP contribution is 2.30. The highest BCUT2D eigenvalue weighted by molar-refractivity contribution is 7.92. The number of aryl methyl sites for hydroxylation is 1. The van der Waals surface area contributed by atoms with Crippen LogP contribution in [0, 0.1) is 6.92 Å². The van der Waals surface area contributed by atoms with Gasteiger partial charge in [0.2, 0.25) is 21.8 Å². The van der Waals surface area contributed by atoms with Gasteiger partial charge in [0.25, 0.3) is 0 Å². The zero-order valence-electron chi connectivity index (χ0n) is 20.0. The first-order valence-electron chi connectivity index (χ1n) is 10.9. The van der Waals surface area contributed by atoms with Crippen molar-refractivity contribution in [2.75, 3.05) is 17.1 Å². The third kappa shape index (κ3) is 7.61. The van der Waals surface area contributed by atoms with Crippen LogP contribution < -0.4 is 9.62 Å². The SMILES string of the molecule is CC[C@H](C)NC(=O)[C@@H](C)N(Cc1ccc(C)cc1)C(=O)CN(c1ccc(Cl)cc1Cl)S(C)(=O)=O. The van der Waals surface area contributed by atoms with Gasteiger partial charge in [0, 0.05) is 17.6 Å². The summed E-state index contributed by atoms with van der Waals surface area (Å²) in [5, 5.41) is 3.32. The van der Waals surface area contributed by atoms with Crippen LogP contribution in [0.4, 0.5) is 5.69 Å². The third-order valence-corrected chi connectivity index (χ3v) is 7.16. The quantitative estimate of drug-likeness (QED) is 0.495. The number of amides is 2. The van der Waals surface area contributed by atoms with E-state index in [1.54, 1.807) is 6.92 Å². The normalized spacial score (nSPS) is 13.1. The third-order valence-electron chi connectivity index (χ3n) is 5.50. The Balaban J connectivity index is 2.41. The van der Waals surface area contributed by atoms with Crippen molar-refractivity contribution in [3.8, 4) is 0 Å². The molecule has 0 heterocycles. The van der Waals surface area contributed by atoms with Gasteiger partial charge in [-0.25, -0.2) is 8.42 Å². The van der Waals surface area contributed by atoms with E-state index in [9.17, 15) is 18.0 Å². The maximum absolute atomic E-state index is 13.5. The molecule has 0 aliphatic carbocycles. The van der Waals surface area contributed by atoms with E-state index in [1.807, 2.05) is 45.0 Å². The van der Waals surface area contributed by atoms with Crippen LogP contribution in [0.2, 0.25) is 10.0 Å². The molecule has 0 aliphatic heterocycles. The van der Waals surface area contributed by atoms with Gasteiger partial charge in [-0.2, -0.15) is 0 Å². The van der Waals surface area contributed by atoms with Crippen molar-refractivity contribution in [3.05, 3.63) is 63.6 Å². The fraction of sp³-hybridized carbons (Fsp3) is 0.417. The predicted molar refractivity (Wildman–Crippen MR) is 138 cm³/mol. The molecule has 0 spiro atoms. The number of sulfonamides is 1. The van der Waals surface area contributed by atoms with Crippen molar-refractivity contribution in [2.24, 2.45) is 0 Å². The van der Waals surface area contributed by atoms with Gasteiger partial charge in [-0.15, -0.1) is 0 Å². The van der Waals surface area contributed by atoms with Crippen LogP contribution in [0.5, 0.6) is 0 Å². The van der Waals surface area contributed by atoms with Gasteiger partial charge in [0.1, 0.15) is 12.6 Å². The molecule has 0 aromatic heterocycles. The minimum absolute atomic E-state index is 0.0633. The Morgan fingerprint density at radius 3 is 2.21 bits per heavy atom. The molecule has 0 radical (unpaired) electrons. The molecule has 2 aromatic rings. The van der Waals surface area contributed by atoms with Crippen molar-refractivity contribution in [2.45, 2.75) is 52.7 Å². The Bertz CT molecular complexity index is 1120. The summed E-state index contributed by atoms with van der Waals surface area (Å²) in [5.74, 6) is -0.853. The molecule has 2 rings (SSSR count). The highest BCUT2D eigenvalue weighted by atomic mass is 35.5. The molecule has 0 aliphatic rings. The fourth-order valence-corrected chi connectivity index (χ4v) is 4.64. The Hall–Kier alpha value is -2.29. The molecule has 186 valence electrons. The lowest BCUT2D eigenvalue weighted by Crippen LogP contribution is -2.52. The number of hydrogen-bond donors (Lipinski definition) is 1. The molecule has 0 saturated carbocycles. The van der Waals surface area contributed by atoms with Crippen molar-refractivity contribution in [3.63, 3.8) is 0 Å². The first kappa shape index (κ1) is 28.0. The smallest absolute Gasteiger partial charge is 0.244 e.